The monoisotopic (exact) mass is 339 g/mol. The maximum absolute atomic E-state index is 12.5. The molecule has 0 aliphatic rings. The zero-order chi connectivity index (χ0) is 13.3. The Hall–Kier alpha value is -0.860. The summed E-state index contributed by atoms with van der Waals surface area (Å²) in [4.78, 5) is 0.862. The highest BCUT2D eigenvalue weighted by molar-refractivity contribution is 9.11. The lowest BCUT2D eigenvalue weighted by molar-refractivity contribution is -0.141. The lowest BCUT2D eigenvalue weighted by atomic mass is 10.2. The van der Waals surface area contributed by atoms with Crippen molar-refractivity contribution in [1.29, 1.82) is 0 Å². The van der Waals surface area contributed by atoms with Crippen LogP contribution >= 0.6 is 27.3 Å². The quantitative estimate of drug-likeness (QED) is 0.932. The highest BCUT2D eigenvalue weighted by atomic mass is 79.9. The molecule has 0 aliphatic heterocycles. The summed E-state index contributed by atoms with van der Waals surface area (Å²) >= 11 is 4.73. The molecule has 0 bridgehead atoms. The summed E-state index contributed by atoms with van der Waals surface area (Å²) in [6, 6.07) is 4.22. The van der Waals surface area contributed by atoms with E-state index in [9.17, 15) is 13.2 Å². The Morgan fingerprint density at radius 3 is 2.56 bits per heavy atom. The molecule has 0 radical (unpaired) electrons. The van der Waals surface area contributed by atoms with Crippen LogP contribution in [0.25, 0.3) is 0 Å². The Kier molecular flexibility index (Phi) is 3.79. The molecule has 3 nitrogen and oxygen atoms in total. The van der Waals surface area contributed by atoms with E-state index in [1.807, 2.05) is 12.1 Å². The summed E-state index contributed by atoms with van der Waals surface area (Å²) in [6.07, 6.45) is -3.13. The van der Waals surface area contributed by atoms with E-state index in [1.54, 1.807) is 0 Å². The minimum atomic E-state index is -4.43. The standard InChI is InChI=1S/C10H9BrF3N3S/c11-9-2-1-7(18-9)6(5-15)17-4-3-8(16-17)10(12,13)14/h1-4,6H,5,15H2. The third-order valence-corrected chi connectivity index (χ3v) is 4.09. The Morgan fingerprint density at radius 1 is 1.39 bits per heavy atom. The van der Waals surface area contributed by atoms with E-state index < -0.39 is 11.9 Å². The lowest BCUT2D eigenvalue weighted by Crippen LogP contribution is -2.20. The van der Waals surface area contributed by atoms with Crippen LogP contribution in [-0.2, 0) is 6.18 Å². The van der Waals surface area contributed by atoms with Crippen LogP contribution in [0.4, 0.5) is 13.2 Å². The van der Waals surface area contributed by atoms with Gasteiger partial charge in [-0.1, -0.05) is 0 Å². The first kappa shape index (κ1) is 13.6. The summed E-state index contributed by atoms with van der Waals surface area (Å²) < 4.78 is 39.5. The number of alkyl halides is 3. The second kappa shape index (κ2) is 5.02. The van der Waals surface area contributed by atoms with Crippen molar-refractivity contribution in [3.8, 4) is 0 Å². The van der Waals surface area contributed by atoms with Crippen molar-refractivity contribution in [3.05, 3.63) is 38.8 Å². The van der Waals surface area contributed by atoms with Crippen molar-refractivity contribution in [3.63, 3.8) is 0 Å². The maximum atomic E-state index is 12.5. The molecule has 1 unspecified atom stereocenters. The van der Waals surface area contributed by atoms with Crippen LogP contribution in [-0.4, -0.2) is 16.3 Å². The topological polar surface area (TPSA) is 43.8 Å². The fourth-order valence-corrected chi connectivity index (χ4v) is 3.06. The molecule has 1 atom stereocenters. The Morgan fingerprint density at radius 2 is 2.11 bits per heavy atom. The molecular formula is C10H9BrF3N3S. The summed E-state index contributed by atoms with van der Waals surface area (Å²) in [5, 5.41) is 3.54. The number of hydrogen-bond donors (Lipinski definition) is 1. The summed E-state index contributed by atoms with van der Waals surface area (Å²) in [7, 11) is 0. The molecule has 0 aromatic carbocycles. The van der Waals surface area contributed by atoms with Crippen LogP contribution < -0.4 is 5.73 Å². The maximum Gasteiger partial charge on any atom is 0.435 e. The molecule has 2 heterocycles. The lowest BCUT2D eigenvalue weighted by Gasteiger charge is -2.13. The third kappa shape index (κ3) is 2.76. The molecule has 8 heteroatoms. The Bertz CT molecular complexity index is 534. The van der Waals surface area contributed by atoms with E-state index in [-0.39, 0.29) is 12.6 Å². The van der Waals surface area contributed by atoms with Gasteiger partial charge in [-0.25, -0.2) is 0 Å². The van der Waals surface area contributed by atoms with Gasteiger partial charge in [0, 0.05) is 17.6 Å². The van der Waals surface area contributed by atoms with Crippen molar-refractivity contribution < 1.29 is 13.2 Å². The number of aromatic nitrogens is 2. The molecule has 0 aliphatic carbocycles. The molecule has 0 fully saturated rings. The number of nitrogens with zero attached hydrogens (tertiary/aromatic N) is 2. The predicted octanol–water partition coefficient (Wildman–Crippen LogP) is 3.27. The molecule has 2 aromatic heterocycles. The van der Waals surface area contributed by atoms with Gasteiger partial charge in [0.15, 0.2) is 5.69 Å². The van der Waals surface area contributed by atoms with Crippen LogP contribution in [0, 0.1) is 0 Å². The van der Waals surface area contributed by atoms with Gasteiger partial charge in [-0.3, -0.25) is 4.68 Å². The van der Waals surface area contributed by atoms with Crippen molar-refractivity contribution in [1.82, 2.24) is 9.78 Å². The van der Waals surface area contributed by atoms with E-state index in [2.05, 4.69) is 21.0 Å². The zero-order valence-corrected chi connectivity index (χ0v) is 11.4. The molecule has 2 N–H and O–H groups in total. The highest BCUT2D eigenvalue weighted by Crippen LogP contribution is 2.31. The van der Waals surface area contributed by atoms with Gasteiger partial charge in [0.05, 0.1) is 9.83 Å². The Labute approximate surface area is 114 Å². The van der Waals surface area contributed by atoms with Crippen LogP contribution in [0.2, 0.25) is 0 Å². The van der Waals surface area contributed by atoms with Gasteiger partial charge < -0.3 is 5.73 Å². The van der Waals surface area contributed by atoms with E-state index >= 15 is 0 Å². The SMILES string of the molecule is NCC(c1ccc(Br)s1)n1ccc(C(F)(F)F)n1. The summed E-state index contributed by atoms with van der Waals surface area (Å²) in [5.41, 5.74) is 4.71. The molecule has 2 aromatic rings. The third-order valence-electron chi connectivity index (χ3n) is 2.36. The minimum Gasteiger partial charge on any atom is -0.328 e. The van der Waals surface area contributed by atoms with Gasteiger partial charge in [0.2, 0.25) is 0 Å². The summed E-state index contributed by atoms with van der Waals surface area (Å²) in [5.74, 6) is 0. The van der Waals surface area contributed by atoms with E-state index in [0.717, 1.165) is 14.7 Å². The normalized spacial score (nSPS) is 13.8. The molecular weight excluding hydrogens is 331 g/mol. The van der Waals surface area contributed by atoms with Crippen molar-refractivity contribution in [2.24, 2.45) is 5.73 Å². The fourth-order valence-electron chi connectivity index (χ4n) is 1.52. The molecule has 0 saturated carbocycles. The molecule has 18 heavy (non-hydrogen) atoms. The Balaban J connectivity index is 2.31. The first-order valence-electron chi connectivity index (χ1n) is 4.99. The molecule has 0 amide bonds. The van der Waals surface area contributed by atoms with E-state index in [1.165, 1.54) is 22.2 Å². The first-order valence-corrected chi connectivity index (χ1v) is 6.60. The van der Waals surface area contributed by atoms with Crippen LogP contribution in [0.5, 0.6) is 0 Å². The molecule has 0 spiro atoms. The van der Waals surface area contributed by atoms with Gasteiger partial charge in [-0.05, 0) is 34.1 Å². The number of rotatable bonds is 3. The zero-order valence-electron chi connectivity index (χ0n) is 8.99. The van der Waals surface area contributed by atoms with Crippen LogP contribution in [0.1, 0.15) is 16.6 Å². The molecule has 2 rings (SSSR count). The van der Waals surface area contributed by atoms with Crippen molar-refractivity contribution >= 4 is 27.3 Å². The van der Waals surface area contributed by atoms with Crippen molar-refractivity contribution in [2.75, 3.05) is 6.54 Å². The number of halogens is 4. The van der Waals surface area contributed by atoms with E-state index in [4.69, 9.17) is 5.73 Å². The number of nitrogens with two attached hydrogens (primary N) is 1. The predicted molar refractivity (Wildman–Crippen MR) is 66.4 cm³/mol. The first-order chi connectivity index (χ1) is 8.41. The van der Waals surface area contributed by atoms with Gasteiger partial charge >= 0.3 is 6.18 Å². The highest BCUT2D eigenvalue weighted by Gasteiger charge is 2.34. The van der Waals surface area contributed by atoms with Crippen LogP contribution in [0.3, 0.4) is 0 Å². The van der Waals surface area contributed by atoms with Crippen LogP contribution in [0.15, 0.2) is 28.2 Å². The molecule has 98 valence electrons. The van der Waals surface area contributed by atoms with Crippen molar-refractivity contribution in [2.45, 2.75) is 12.2 Å². The number of thiophene rings is 1. The smallest absolute Gasteiger partial charge is 0.328 e. The second-order valence-corrected chi connectivity index (χ2v) is 6.07. The van der Waals surface area contributed by atoms with Gasteiger partial charge in [-0.15, -0.1) is 11.3 Å². The van der Waals surface area contributed by atoms with Gasteiger partial charge in [-0.2, -0.15) is 18.3 Å². The summed E-state index contributed by atoms with van der Waals surface area (Å²) in [6.45, 7) is 0.186. The second-order valence-electron chi connectivity index (χ2n) is 3.57. The molecule has 0 saturated heterocycles. The average Bonchev–Trinajstić information content (AvgIpc) is 2.88. The average molecular weight is 340 g/mol. The number of hydrogen-bond acceptors (Lipinski definition) is 3. The van der Waals surface area contributed by atoms with E-state index in [0.29, 0.717) is 0 Å². The van der Waals surface area contributed by atoms with Gasteiger partial charge in [0.25, 0.3) is 0 Å². The largest absolute Gasteiger partial charge is 0.435 e. The minimum absolute atomic E-state index is 0.186. The fraction of sp³-hybridized carbons (Fsp3) is 0.300. The van der Waals surface area contributed by atoms with Gasteiger partial charge in [0.1, 0.15) is 0 Å².